The molecule has 2 aromatic heterocycles. The summed E-state index contributed by atoms with van der Waals surface area (Å²) in [7, 11) is 3.80. The van der Waals surface area contributed by atoms with Crippen molar-refractivity contribution in [2.24, 2.45) is 0 Å². The third kappa shape index (κ3) is 4.65. The number of ether oxygens (including phenoxy) is 1. The Balaban J connectivity index is 1.31. The number of fused-ring (bicyclic) bond motifs is 1. The number of nitrogens with one attached hydrogen (secondary N) is 2. The molecule has 3 aromatic rings. The van der Waals surface area contributed by atoms with Crippen LogP contribution in [0.25, 0.3) is 11.3 Å². The Morgan fingerprint density at radius 1 is 1.09 bits per heavy atom. The second-order valence-corrected chi connectivity index (χ2v) is 8.88. The molecule has 0 unspecified atom stereocenters. The average molecular weight is 450 g/mol. The summed E-state index contributed by atoms with van der Waals surface area (Å²) < 4.78 is 5.37. The van der Waals surface area contributed by atoms with Crippen molar-refractivity contribution < 1.29 is 4.74 Å². The van der Waals surface area contributed by atoms with Crippen molar-refractivity contribution in [3.05, 3.63) is 57.6 Å². The van der Waals surface area contributed by atoms with Crippen molar-refractivity contribution in [1.29, 1.82) is 0 Å². The van der Waals surface area contributed by atoms with Crippen LogP contribution in [0.4, 0.5) is 5.95 Å². The molecule has 0 radical (unpaired) electrons. The Morgan fingerprint density at radius 2 is 1.91 bits per heavy atom. The molecule has 9 nitrogen and oxygen atoms in total. The van der Waals surface area contributed by atoms with Gasteiger partial charge in [-0.05, 0) is 25.6 Å². The van der Waals surface area contributed by atoms with Gasteiger partial charge < -0.3 is 14.5 Å². The van der Waals surface area contributed by atoms with Crippen LogP contribution in [0.2, 0.25) is 0 Å². The summed E-state index contributed by atoms with van der Waals surface area (Å²) in [6, 6.07) is 7.99. The molecule has 5 rings (SSSR count). The topological polar surface area (TPSA) is 93.4 Å². The van der Waals surface area contributed by atoms with E-state index in [2.05, 4.69) is 43.0 Å². The number of methoxy groups -OCH3 is 1. The van der Waals surface area contributed by atoms with Crippen molar-refractivity contribution in [3.63, 3.8) is 0 Å². The maximum absolute atomic E-state index is 12.9. The molecule has 1 saturated heterocycles. The molecule has 0 atom stereocenters. The quantitative estimate of drug-likeness (QED) is 0.610. The number of aromatic nitrogens is 4. The molecule has 9 heteroatoms. The van der Waals surface area contributed by atoms with Crippen molar-refractivity contribution >= 4 is 5.95 Å². The monoisotopic (exact) mass is 449 g/mol. The van der Waals surface area contributed by atoms with Crippen LogP contribution in [0.3, 0.4) is 0 Å². The predicted molar refractivity (Wildman–Crippen MR) is 128 cm³/mol. The summed E-state index contributed by atoms with van der Waals surface area (Å²) in [5, 5.41) is 7.44. The molecule has 0 aliphatic carbocycles. The number of rotatable bonds is 5. The summed E-state index contributed by atoms with van der Waals surface area (Å²) in [4.78, 5) is 27.7. The van der Waals surface area contributed by atoms with Gasteiger partial charge >= 0.3 is 0 Å². The number of aromatic amines is 2. The number of H-pyrrole nitrogens is 2. The van der Waals surface area contributed by atoms with Crippen LogP contribution in [0.15, 0.2) is 35.3 Å². The number of benzene rings is 1. The zero-order valence-corrected chi connectivity index (χ0v) is 19.3. The summed E-state index contributed by atoms with van der Waals surface area (Å²) >= 11 is 0. The van der Waals surface area contributed by atoms with Gasteiger partial charge in [-0.15, -0.1) is 0 Å². The van der Waals surface area contributed by atoms with E-state index in [0.717, 1.165) is 92.0 Å². The zero-order chi connectivity index (χ0) is 22.8. The first-order valence-corrected chi connectivity index (χ1v) is 11.6. The van der Waals surface area contributed by atoms with Crippen LogP contribution in [0.5, 0.6) is 5.75 Å². The van der Waals surface area contributed by atoms with Crippen LogP contribution >= 0.6 is 0 Å². The Kier molecular flexibility index (Phi) is 6.15. The van der Waals surface area contributed by atoms with Crippen molar-refractivity contribution in [3.8, 4) is 17.0 Å². The minimum atomic E-state index is 0.0103. The van der Waals surface area contributed by atoms with Crippen molar-refractivity contribution in [2.75, 3.05) is 58.3 Å². The molecular weight excluding hydrogens is 418 g/mol. The van der Waals surface area contributed by atoms with Crippen LogP contribution < -0.4 is 15.2 Å². The van der Waals surface area contributed by atoms with E-state index in [-0.39, 0.29) is 5.56 Å². The molecule has 2 aliphatic heterocycles. The first-order chi connectivity index (χ1) is 16.1. The van der Waals surface area contributed by atoms with E-state index in [1.807, 2.05) is 24.4 Å². The fourth-order valence-electron chi connectivity index (χ4n) is 4.67. The van der Waals surface area contributed by atoms with E-state index in [0.29, 0.717) is 6.42 Å². The Labute approximate surface area is 193 Å². The molecule has 0 amide bonds. The van der Waals surface area contributed by atoms with Crippen LogP contribution in [-0.2, 0) is 19.4 Å². The van der Waals surface area contributed by atoms with Gasteiger partial charge in [0.05, 0.1) is 24.7 Å². The SMILES string of the molecule is COc1cccc(-c2[nH]ncc2CN2CCc3nc(N4CCN(C)CC4)[nH]c(=O)c3CC2)c1. The standard InChI is InChI=1S/C24H31N7O2/c1-29-10-12-31(13-11-29)24-26-21-7-9-30(8-6-20(21)23(32)27-24)16-18-15-25-28-22(18)17-4-3-5-19(14-17)33-2/h3-5,14-15H,6-13,16H2,1-2H3,(H,25,28)(H,26,27,32). The Bertz CT molecular complexity index is 1160. The zero-order valence-electron chi connectivity index (χ0n) is 19.3. The minimum Gasteiger partial charge on any atom is -0.497 e. The van der Waals surface area contributed by atoms with Gasteiger partial charge in [0, 0.05) is 68.9 Å². The number of anilines is 1. The van der Waals surface area contributed by atoms with Gasteiger partial charge in [0.1, 0.15) is 5.75 Å². The van der Waals surface area contributed by atoms with Crippen LogP contribution in [0, 0.1) is 0 Å². The van der Waals surface area contributed by atoms with Crippen molar-refractivity contribution in [2.45, 2.75) is 19.4 Å². The smallest absolute Gasteiger partial charge is 0.255 e. The van der Waals surface area contributed by atoms with E-state index >= 15 is 0 Å². The number of nitrogens with zero attached hydrogens (tertiary/aromatic N) is 5. The number of likely N-dealkylation sites (N-methyl/N-ethyl adjacent to an activating group) is 1. The lowest BCUT2D eigenvalue weighted by Crippen LogP contribution is -2.45. The maximum Gasteiger partial charge on any atom is 0.255 e. The molecule has 0 spiro atoms. The van der Waals surface area contributed by atoms with Gasteiger partial charge in [0.15, 0.2) is 0 Å². The summed E-state index contributed by atoms with van der Waals surface area (Å²) in [6.45, 7) is 6.17. The lowest BCUT2D eigenvalue weighted by Gasteiger charge is -2.32. The van der Waals surface area contributed by atoms with E-state index < -0.39 is 0 Å². The summed E-state index contributed by atoms with van der Waals surface area (Å²) in [5.41, 5.74) is 4.97. The molecule has 0 saturated carbocycles. The molecule has 4 heterocycles. The van der Waals surface area contributed by atoms with E-state index in [9.17, 15) is 4.79 Å². The summed E-state index contributed by atoms with van der Waals surface area (Å²) in [6.07, 6.45) is 3.36. The summed E-state index contributed by atoms with van der Waals surface area (Å²) in [5.74, 6) is 1.54. The molecule has 2 aliphatic rings. The Hall–Kier alpha value is -3.17. The lowest BCUT2D eigenvalue weighted by atomic mass is 10.1. The van der Waals surface area contributed by atoms with E-state index in [1.165, 1.54) is 0 Å². The third-order valence-electron chi connectivity index (χ3n) is 6.70. The van der Waals surface area contributed by atoms with E-state index in [4.69, 9.17) is 9.72 Å². The van der Waals surface area contributed by atoms with Crippen LogP contribution in [0.1, 0.15) is 16.8 Å². The molecule has 2 N–H and O–H groups in total. The fourth-order valence-corrected chi connectivity index (χ4v) is 4.67. The number of hydrogen-bond donors (Lipinski definition) is 2. The highest BCUT2D eigenvalue weighted by molar-refractivity contribution is 5.64. The van der Waals surface area contributed by atoms with Gasteiger partial charge in [-0.1, -0.05) is 12.1 Å². The highest BCUT2D eigenvalue weighted by atomic mass is 16.5. The van der Waals surface area contributed by atoms with Gasteiger partial charge in [0.2, 0.25) is 5.95 Å². The first kappa shape index (κ1) is 21.7. The third-order valence-corrected chi connectivity index (χ3v) is 6.70. The van der Waals surface area contributed by atoms with Gasteiger partial charge in [-0.2, -0.15) is 5.10 Å². The van der Waals surface area contributed by atoms with Crippen molar-refractivity contribution in [1.82, 2.24) is 30.0 Å². The van der Waals surface area contributed by atoms with E-state index in [1.54, 1.807) is 7.11 Å². The minimum absolute atomic E-state index is 0.0103. The number of hydrogen-bond acceptors (Lipinski definition) is 7. The largest absolute Gasteiger partial charge is 0.497 e. The maximum atomic E-state index is 12.9. The number of piperazine rings is 1. The lowest BCUT2D eigenvalue weighted by molar-refractivity contribution is 0.279. The van der Waals surface area contributed by atoms with Gasteiger partial charge in [-0.3, -0.25) is 19.8 Å². The molecule has 33 heavy (non-hydrogen) atoms. The molecular formula is C24H31N7O2. The second kappa shape index (κ2) is 9.36. The second-order valence-electron chi connectivity index (χ2n) is 8.88. The first-order valence-electron chi connectivity index (χ1n) is 11.6. The fraction of sp³-hybridized carbons (Fsp3) is 0.458. The normalized spacial score (nSPS) is 17.6. The Morgan fingerprint density at radius 3 is 2.73 bits per heavy atom. The predicted octanol–water partition coefficient (Wildman–Crippen LogP) is 1.52. The molecule has 1 fully saturated rings. The van der Waals surface area contributed by atoms with Gasteiger partial charge in [0.25, 0.3) is 5.56 Å². The highest BCUT2D eigenvalue weighted by Crippen LogP contribution is 2.26. The molecule has 0 bridgehead atoms. The van der Waals surface area contributed by atoms with Gasteiger partial charge in [-0.25, -0.2) is 4.98 Å². The average Bonchev–Trinajstić information content (AvgIpc) is 3.20. The molecule has 1 aromatic carbocycles. The molecule has 174 valence electrons. The van der Waals surface area contributed by atoms with Crippen LogP contribution in [-0.4, -0.2) is 83.4 Å². The highest BCUT2D eigenvalue weighted by Gasteiger charge is 2.23.